The van der Waals surface area contributed by atoms with Crippen LogP contribution >= 0.6 is 15.9 Å². The van der Waals surface area contributed by atoms with Crippen LogP contribution in [0.3, 0.4) is 0 Å². The average Bonchev–Trinajstić information content (AvgIpc) is 2.48. The van der Waals surface area contributed by atoms with Gasteiger partial charge in [-0.15, -0.1) is 0 Å². The number of carbonyl (C=O) groups is 1. The molecule has 0 aliphatic rings. The maximum Gasteiger partial charge on any atom is 0.339 e. The lowest BCUT2D eigenvalue weighted by Crippen LogP contribution is -1.95. The molecular formula is C7H4BrN3O2. The molecule has 0 bridgehead atoms. The van der Waals surface area contributed by atoms with Crippen LogP contribution in [-0.4, -0.2) is 26.0 Å². The first kappa shape index (κ1) is 8.18. The van der Waals surface area contributed by atoms with Gasteiger partial charge in [0, 0.05) is 6.20 Å². The third kappa shape index (κ3) is 1.19. The second-order valence-corrected chi connectivity index (χ2v) is 3.15. The van der Waals surface area contributed by atoms with Crippen LogP contribution in [0, 0.1) is 0 Å². The van der Waals surface area contributed by atoms with Crippen LogP contribution in [0.25, 0.3) is 11.0 Å². The van der Waals surface area contributed by atoms with Gasteiger partial charge in [0.1, 0.15) is 22.0 Å². The second kappa shape index (κ2) is 2.81. The van der Waals surface area contributed by atoms with Gasteiger partial charge in [0.25, 0.3) is 0 Å². The van der Waals surface area contributed by atoms with Crippen molar-refractivity contribution in [3.8, 4) is 0 Å². The number of carboxylic acids is 1. The lowest BCUT2D eigenvalue weighted by molar-refractivity contribution is 0.0699. The van der Waals surface area contributed by atoms with E-state index in [4.69, 9.17) is 5.11 Å². The standard InChI is InChI=1S/C7H4BrN3O2/c8-6-5-4(10-2-11-6)3(1-9-5)7(12)13/h1-2,9H,(H,12,13). The first-order valence-corrected chi connectivity index (χ1v) is 4.20. The van der Waals surface area contributed by atoms with Crippen LogP contribution in [0.4, 0.5) is 0 Å². The van der Waals surface area contributed by atoms with E-state index in [-0.39, 0.29) is 5.56 Å². The van der Waals surface area contributed by atoms with Crippen LogP contribution in [0.5, 0.6) is 0 Å². The van der Waals surface area contributed by atoms with Crippen molar-refractivity contribution in [2.24, 2.45) is 0 Å². The van der Waals surface area contributed by atoms with Gasteiger partial charge in [0.2, 0.25) is 0 Å². The van der Waals surface area contributed by atoms with Crippen molar-refractivity contribution in [3.63, 3.8) is 0 Å². The number of halogens is 1. The highest BCUT2D eigenvalue weighted by Gasteiger charge is 2.13. The number of hydrogen-bond acceptors (Lipinski definition) is 3. The molecule has 2 N–H and O–H groups in total. The summed E-state index contributed by atoms with van der Waals surface area (Å²) < 4.78 is 0.560. The van der Waals surface area contributed by atoms with Crippen molar-refractivity contribution < 1.29 is 9.90 Å². The summed E-state index contributed by atoms with van der Waals surface area (Å²) in [6.45, 7) is 0. The Morgan fingerprint density at radius 1 is 1.54 bits per heavy atom. The van der Waals surface area contributed by atoms with Crippen LogP contribution in [0.1, 0.15) is 10.4 Å². The van der Waals surface area contributed by atoms with Crippen LogP contribution in [0.15, 0.2) is 17.1 Å². The smallest absolute Gasteiger partial charge is 0.339 e. The predicted octanol–water partition coefficient (Wildman–Crippen LogP) is 1.42. The van der Waals surface area contributed by atoms with Crippen molar-refractivity contribution in [3.05, 3.63) is 22.7 Å². The van der Waals surface area contributed by atoms with Crippen molar-refractivity contribution >= 4 is 32.9 Å². The SMILES string of the molecule is O=C(O)c1c[nH]c2c(Br)ncnc12. The van der Waals surface area contributed by atoms with Gasteiger partial charge in [-0.2, -0.15) is 0 Å². The number of nitrogens with one attached hydrogen (secondary N) is 1. The number of nitrogens with zero attached hydrogens (tertiary/aromatic N) is 2. The van der Waals surface area contributed by atoms with Gasteiger partial charge in [-0.05, 0) is 15.9 Å². The molecule has 0 unspecified atom stereocenters. The van der Waals surface area contributed by atoms with E-state index in [0.717, 1.165) is 0 Å². The monoisotopic (exact) mass is 241 g/mol. The van der Waals surface area contributed by atoms with Gasteiger partial charge in [-0.1, -0.05) is 0 Å². The molecular weight excluding hydrogens is 238 g/mol. The first-order valence-electron chi connectivity index (χ1n) is 3.41. The van der Waals surface area contributed by atoms with Crippen LogP contribution in [-0.2, 0) is 0 Å². The highest BCUT2D eigenvalue weighted by Crippen LogP contribution is 2.21. The summed E-state index contributed by atoms with van der Waals surface area (Å²) in [4.78, 5) is 21.2. The molecule has 0 radical (unpaired) electrons. The highest BCUT2D eigenvalue weighted by molar-refractivity contribution is 9.10. The Balaban J connectivity index is 2.83. The average molecular weight is 242 g/mol. The number of hydrogen-bond donors (Lipinski definition) is 2. The fourth-order valence-corrected chi connectivity index (χ4v) is 1.47. The molecule has 0 atom stereocenters. The maximum atomic E-state index is 10.7. The number of aromatic amines is 1. The zero-order chi connectivity index (χ0) is 9.42. The molecule has 0 spiro atoms. The minimum absolute atomic E-state index is 0.151. The summed E-state index contributed by atoms with van der Waals surface area (Å²) in [5, 5.41) is 8.77. The Morgan fingerprint density at radius 2 is 2.31 bits per heavy atom. The first-order chi connectivity index (χ1) is 6.20. The van der Waals surface area contributed by atoms with E-state index < -0.39 is 5.97 Å². The van der Waals surface area contributed by atoms with E-state index in [9.17, 15) is 4.79 Å². The molecule has 0 saturated heterocycles. The van der Waals surface area contributed by atoms with Crippen LogP contribution < -0.4 is 0 Å². The predicted molar refractivity (Wildman–Crippen MR) is 48.5 cm³/mol. The van der Waals surface area contributed by atoms with Crippen molar-refractivity contribution in [2.75, 3.05) is 0 Å². The van der Waals surface area contributed by atoms with E-state index in [2.05, 4.69) is 30.9 Å². The quantitative estimate of drug-likeness (QED) is 0.741. The van der Waals surface area contributed by atoms with E-state index in [1.54, 1.807) is 0 Å². The summed E-state index contributed by atoms with van der Waals surface area (Å²) in [6.07, 6.45) is 2.71. The van der Waals surface area contributed by atoms with Gasteiger partial charge < -0.3 is 10.1 Å². The molecule has 0 aromatic carbocycles. The number of fused-ring (bicyclic) bond motifs is 1. The third-order valence-electron chi connectivity index (χ3n) is 1.65. The molecule has 0 aliphatic heterocycles. The lowest BCUT2D eigenvalue weighted by atomic mass is 10.3. The third-order valence-corrected chi connectivity index (χ3v) is 2.25. The molecule has 0 saturated carbocycles. The van der Waals surface area contributed by atoms with Gasteiger partial charge >= 0.3 is 5.97 Å². The van der Waals surface area contributed by atoms with E-state index >= 15 is 0 Å². The number of H-pyrrole nitrogens is 1. The molecule has 2 heterocycles. The molecule has 2 aromatic heterocycles. The molecule has 6 heteroatoms. The Kier molecular flexibility index (Phi) is 1.77. The second-order valence-electron chi connectivity index (χ2n) is 2.40. The number of aromatic nitrogens is 3. The zero-order valence-electron chi connectivity index (χ0n) is 6.28. The van der Waals surface area contributed by atoms with Crippen molar-refractivity contribution in [1.29, 1.82) is 0 Å². The summed E-state index contributed by atoms with van der Waals surface area (Å²) in [5.74, 6) is -1.00. The molecule has 0 aliphatic carbocycles. The van der Waals surface area contributed by atoms with E-state index in [0.29, 0.717) is 15.6 Å². The summed E-state index contributed by atoms with van der Waals surface area (Å²) in [6, 6.07) is 0. The normalized spacial score (nSPS) is 10.5. The Bertz CT molecular complexity index is 480. The number of carboxylic acid groups (broad SMARTS) is 1. The Hall–Kier alpha value is -1.43. The van der Waals surface area contributed by atoms with Gasteiger partial charge in [-0.3, -0.25) is 0 Å². The largest absolute Gasteiger partial charge is 0.478 e. The molecule has 0 fully saturated rings. The molecule has 66 valence electrons. The molecule has 2 aromatic rings. The minimum atomic E-state index is -1.00. The van der Waals surface area contributed by atoms with Crippen molar-refractivity contribution in [1.82, 2.24) is 15.0 Å². The van der Waals surface area contributed by atoms with Crippen LogP contribution in [0.2, 0.25) is 0 Å². The summed E-state index contributed by atoms with van der Waals surface area (Å²) >= 11 is 3.18. The Morgan fingerprint density at radius 3 is 3.00 bits per heavy atom. The fraction of sp³-hybridized carbons (Fsp3) is 0. The topological polar surface area (TPSA) is 78.9 Å². The van der Waals surface area contributed by atoms with Gasteiger partial charge in [0.05, 0.1) is 5.52 Å². The van der Waals surface area contributed by atoms with Crippen molar-refractivity contribution in [2.45, 2.75) is 0 Å². The molecule has 13 heavy (non-hydrogen) atoms. The fourth-order valence-electron chi connectivity index (χ4n) is 1.07. The van der Waals surface area contributed by atoms with E-state index in [1.807, 2.05) is 0 Å². The summed E-state index contributed by atoms with van der Waals surface area (Å²) in [5.41, 5.74) is 1.16. The number of aromatic carboxylic acids is 1. The highest BCUT2D eigenvalue weighted by atomic mass is 79.9. The van der Waals surface area contributed by atoms with Gasteiger partial charge in [0.15, 0.2) is 0 Å². The van der Waals surface area contributed by atoms with Gasteiger partial charge in [-0.25, -0.2) is 14.8 Å². The zero-order valence-corrected chi connectivity index (χ0v) is 7.87. The minimum Gasteiger partial charge on any atom is -0.478 e. The number of rotatable bonds is 1. The lowest BCUT2D eigenvalue weighted by Gasteiger charge is -1.91. The maximum absolute atomic E-state index is 10.7. The summed E-state index contributed by atoms with van der Waals surface area (Å²) in [7, 11) is 0. The molecule has 5 nitrogen and oxygen atoms in total. The Labute approximate surface area is 80.9 Å². The molecule has 2 rings (SSSR count). The molecule has 0 amide bonds. The van der Waals surface area contributed by atoms with E-state index in [1.165, 1.54) is 12.5 Å².